The molecule has 82 valence electrons. The molecule has 1 saturated heterocycles. The number of piperidine rings is 1. The smallest absolute Gasteiger partial charge is 0.120 e. The molecule has 0 saturated carbocycles. The highest BCUT2D eigenvalue weighted by molar-refractivity contribution is 9.10. The summed E-state index contributed by atoms with van der Waals surface area (Å²) in [5.74, 6) is 1.62. The van der Waals surface area contributed by atoms with E-state index < -0.39 is 0 Å². The van der Waals surface area contributed by atoms with Gasteiger partial charge in [-0.15, -0.1) is 0 Å². The maximum atomic E-state index is 5.76. The average molecular weight is 270 g/mol. The van der Waals surface area contributed by atoms with Crippen molar-refractivity contribution in [2.45, 2.75) is 12.8 Å². The quantitative estimate of drug-likeness (QED) is 0.911. The molecule has 0 aliphatic carbocycles. The first kappa shape index (κ1) is 11.0. The van der Waals surface area contributed by atoms with Crippen molar-refractivity contribution >= 4 is 15.9 Å². The van der Waals surface area contributed by atoms with Crippen LogP contribution in [0.25, 0.3) is 0 Å². The Morgan fingerprint density at radius 2 is 2.40 bits per heavy atom. The largest absolute Gasteiger partial charge is 0.493 e. The summed E-state index contributed by atoms with van der Waals surface area (Å²) in [6.45, 7) is 3.07. The monoisotopic (exact) mass is 269 g/mol. The highest BCUT2D eigenvalue weighted by Gasteiger charge is 2.13. The molecule has 15 heavy (non-hydrogen) atoms. The number of benzene rings is 1. The number of hydrogen-bond donors (Lipinski definition) is 1. The van der Waals surface area contributed by atoms with E-state index in [2.05, 4.69) is 21.2 Å². The molecular weight excluding hydrogens is 254 g/mol. The van der Waals surface area contributed by atoms with Gasteiger partial charge in [0.2, 0.25) is 0 Å². The summed E-state index contributed by atoms with van der Waals surface area (Å²) in [6, 6.07) is 8.02. The van der Waals surface area contributed by atoms with E-state index in [9.17, 15) is 0 Å². The van der Waals surface area contributed by atoms with Gasteiger partial charge in [0.1, 0.15) is 5.75 Å². The third-order valence-electron chi connectivity index (χ3n) is 2.68. The third-order valence-corrected chi connectivity index (χ3v) is 3.17. The lowest BCUT2D eigenvalue weighted by molar-refractivity contribution is 0.218. The van der Waals surface area contributed by atoms with Crippen LogP contribution in [0.15, 0.2) is 28.7 Å². The SMILES string of the molecule is Brc1cccc(OC[C@@H]2CCCNC2)c1. The second kappa shape index (κ2) is 5.52. The topological polar surface area (TPSA) is 21.3 Å². The highest BCUT2D eigenvalue weighted by atomic mass is 79.9. The van der Waals surface area contributed by atoms with E-state index in [1.807, 2.05) is 24.3 Å². The third kappa shape index (κ3) is 3.50. The molecule has 1 N–H and O–H groups in total. The van der Waals surface area contributed by atoms with Crippen LogP contribution < -0.4 is 10.1 Å². The van der Waals surface area contributed by atoms with Gasteiger partial charge in [-0.1, -0.05) is 22.0 Å². The number of nitrogens with one attached hydrogen (secondary N) is 1. The molecule has 0 aromatic heterocycles. The maximum absolute atomic E-state index is 5.76. The van der Waals surface area contributed by atoms with Crippen LogP contribution in [0.1, 0.15) is 12.8 Å². The van der Waals surface area contributed by atoms with E-state index in [1.165, 1.54) is 12.8 Å². The first-order valence-corrected chi connectivity index (χ1v) is 6.23. The molecule has 3 heteroatoms. The Kier molecular flexibility index (Phi) is 4.03. The number of hydrogen-bond acceptors (Lipinski definition) is 2. The summed E-state index contributed by atoms with van der Waals surface area (Å²) < 4.78 is 6.83. The summed E-state index contributed by atoms with van der Waals surface area (Å²) >= 11 is 3.44. The van der Waals surface area contributed by atoms with E-state index >= 15 is 0 Å². The van der Waals surface area contributed by atoms with E-state index in [1.54, 1.807) is 0 Å². The molecule has 2 rings (SSSR count). The van der Waals surface area contributed by atoms with Gasteiger partial charge in [0.25, 0.3) is 0 Å². The molecule has 0 unspecified atom stereocenters. The average Bonchev–Trinajstić information content (AvgIpc) is 2.28. The summed E-state index contributed by atoms with van der Waals surface area (Å²) in [6.07, 6.45) is 2.55. The maximum Gasteiger partial charge on any atom is 0.120 e. The minimum atomic E-state index is 0.665. The molecule has 1 heterocycles. The van der Waals surface area contributed by atoms with Crippen molar-refractivity contribution in [3.05, 3.63) is 28.7 Å². The van der Waals surface area contributed by atoms with Gasteiger partial charge in [0.15, 0.2) is 0 Å². The summed E-state index contributed by atoms with van der Waals surface area (Å²) in [5, 5.41) is 3.39. The zero-order valence-corrected chi connectivity index (χ0v) is 10.3. The molecule has 1 aromatic rings. The van der Waals surface area contributed by atoms with Gasteiger partial charge in [-0.25, -0.2) is 0 Å². The fourth-order valence-electron chi connectivity index (χ4n) is 1.84. The van der Waals surface area contributed by atoms with Crippen molar-refractivity contribution in [1.29, 1.82) is 0 Å². The van der Waals surface area contributed by atoms with Crippen molar-refractivity contribution in [2.24, 2.45) is 5.92 Å². The lowest BCUT2D eigenvalue weighted by Crippen LogP contribution is -2.33. The predicted octanol–water partition coefficient (Wildman–Crippen LogP) is 2.83. The van der Waals surface area contributed by atoms with Gasteiger partial charge in [-0.2, -0.15) is 0 Å². The highest BCUT2D eigenvalue weighted by Crippen LogP contribution is 2.19. The molecular formula is C12H16BrNO. The fraction of sp³-hybridized carbons (Fsp3) is 0.500. The summed E-state index contributed by atoms with van der Waals surface area (Å²) in [7, 11) is 0. The van der Waals surface area contributed by atoms with Gasteiger partial charge in [0, 0.05) is 16.9 Å². The summed E-state index contributed by atoms with van der Waals surface area (Å²) in [5.41, 5.74) is 0. The lowest BCUT2D eigenvalue weighted by Gasteiger charge is -2.22. The van der Waals surface area contributed by atoms with Crippen LogP contribution in [0.3, 0.4) is 0 Å². The van der Waals surface area contributed by atoms with Gasteiger partial charge in [0.05, 0.1) is 6.61 Å². The van der Waals surface area contributed by atoms with Crippen LogP contribution in [-0.2, 0) is 0 Å². The van der Waals surface area contributed by atoms with Crippen molar-refractivity contribution in [3.8, 4) is 5.75 Å². The zero-order chi connectivity index (χ0) is 10.5. The first-order valence-electron chi connectivity index (χ1n) is 5.44. The van der Waals surface area contributed by atoms with Gasteiger partial charge in [-0.05, 0) is 37.6 Å². The molecule has 1 fully saturated rings. The molecule has 0 radical (unpaired) electrons. The molecule has 0 bridgehead atoms. The van der Waals surface area contributed by atoms with E-state index in [-0.39, 0.29) is 0 Å². The molecule has 1 aromatic carbocycles. The second-order valence-electron chi connectivity index (χ2n) is 3.98. The number of ether oxygens (including phenoxy) is 1. The Morgan fingerprint density at radius 1 is 1.47 bits per heavy atom. The van der Waals surface area contributed by atoms with Crippen molar-refractivity contribution in [1.82, 2.24) is 5.32 Å². The van der Waals surface area contributed by atoms with Crippen molar-refractivity contribution in [3.63, 3.8) is 0 Å². The van der Waals surface area contributed by atoms with Crippen LogP contribution in [0.4, 0.5) is 0 Å². The van der Waals surface area contributed by atoms with Crippen LogP contribution in [-0.4, -0.2) is 19.7 Å². The Hall–Kier alpha value is -0.540. The fourth-order valence-corrected chi connectivity index (χ4v) is 2.22. The van der Waals surface area contributed by atoms with E-state index in [0.717, 1.165) is 29.9 Å². The Labute approximate surface area is 99.1 Å². The standard InChI is InChI=1S/C12H16BrNO/c13-11-4-1-5-12(7-11)15-9-10-3-2-6-14-8-10/h1,4-5,7,10,14H,2-3,6,8-9H2/t10-/m1/s1. The van der Waals surface area contributed by atoms with Crippen LogP contribution in [0.5, 0.6) is 5.75 Å². The Morgan fingerprint density at radius 3 is 3.13 bits per heavy atom. The van der Waals surface area contributed by atoms with Gasteiger partial charge < -0.3 is 10.1 Å². The molecule has 0 spiro atoms. The van der Waals surface area contributed by atoms with Crippen LogP contribution in [0.2, 0.25) is 0 Å². The second-order valence-corrected chi connectivity index (χ2v) is 4.90. The Balaban J connectivity index is 1.81. The van der Waals surface area contributed by atoms with Crippen molar-refractivity contribution in [2.75, 3.05) is 19.7 Å². The van der Waals surface area contributed by atoms with Gasteiger partial charge in [-0.3, -0.25) is 0 Å². The zero-order valence-electron chi connectivity index (χ0n) is 8.71. The normalized spacial score (nSPS) is 21.3. The minimum absolute atomic E-state index is 0.665. The predicted molar refractivity (Wildman–Crippen MR) is 65.2 cm³/mol. The minimum Gasteiger partial charge on any atom is -0.493 e. The number of rotatable bonds is 3. The van der Waals surface area contributed by atoms with Crippen LogP contribution >= 0.6 is 15.9 Å². The van der Waals surface area contributed by atoms with Gasteiger partial charge >= 0.3 is 0 Å². The van der Waals surface area contributed by atoms with Crippen LogP contribution in [0, 0.1) is 5.92 Å². The molecule has 1 aliphatic heterocycles. The van der Waals surface area contributed by atoms with Crippen molar-refractivity contribution < 1.29 is 4.74 Å². The molecule has 1 atom stereocenters. The lowest BCUT2D eigenvalue weighted by atomic mass is 10.0. The number of halogens is 1. The Bertz CT molecular complexity index is 310. The van der Waals surface area contributed by atoms with E-state index in [0.29, 0.717) is 5.92 Å². The first-order chi connectivity index (χ1) is 7.34. The molecule has 2 nitrogen and oxygen atoms in total. The molecule has 0 amide bonds. The molecule has 1 aliphatic rings. The van der Waals surface area contributed by atoms with E-state index in [4.69, 9.17) is 4.74 Å². The summed E-state index contributed by atoms with van der Waals surface area (Å²) in [4.78, 5) is 0.